The molecule has 1 fully saturated rings. The molecule has 6 N–H and O–H groups in total. The summed E-state index contributed by atoms with van der Waals surface area (Å²) >= 11 is 0. The van der Waals surface area contributed by atoms with Gasteiger partial charge in [0.05, 0.1) is 25.2 Å². The summed E-state index contributed by atoms with van der Waals surface area (Å²) in [4.78, 5) is 79.9. The van der Waals surface area contributed by atoms with Crippen molar-refractivity contribution in [3.8, 4) is 5.75 Å². The van der Waals surface area contributed by atoms with E-state index in [1.54, 1.807) is 82.3 Å². The number of nitrogens with zero attached hydrogens (tertiary/aromatic N) is 1. The number of aliphatic hydroxyl groups excluding tert-OH is 2. The van der Waals surface area contributed by atoms with Crippen molar-refractivity contribution >= 4 is 35.4 Å². The maximum Gasteiger partial charge on any atom is 0.325 e. The van der Waals surface area contributed by atoms with Gasteiger partial charge in [0.2, 0.25) is 17.7 Å². The molecule has 0 aliphatic carbocycles. The number of benzene rings is 1. The number of rotatable bonds is 10. The Kier molecular flexibility index (Phi) is 19.0. The van der Waals surface area contributed by atoms with E-state index in [-0.39, 0.29) is 43.9 Å². The average Bonchev–Trinajstić information content (AvgIpc) is 3.20. The van der Waals surface area contributed by atoms with E-state index in [1.807, 2.05) is 0 Å². The third-order valence-electron chi connectivity index (χ3n) is 10.3. The highest BCUT2D eigenvalue weighted by molar-refractivity contribution is 5.93. The fourth-order valence-corrected chi connectivity index (χ4v) is 6.64. The second-order valence-electron chi connectivity index (χ2n) is 15.2. The molecule has 8 atom stereocenters. The fourth-order valence-electron chi connectivity index (χ4n) is 6.64. The summed E-state index contributed by atoms with van der Waals surface area (Å²) in [6.07, 6.45) is 8.60. The van der Waals surface area contributed by atoms with Gasteiger partial charge >= 0.3 is 5.97 Å². The summed E-state index contributed by atoms with van der Waals surface area (Å²) in [5.41, 5.74) is 4.33. The van der Waals surface area contributed by atoms with Crippen molar-refractivity contribution in [2.24, 2.45) is 17.8 Å². The number of nitrogens with one attached hydrogen (secondary N) is 4. The lowest BCUT2D eigenvalue weighted by Crippen LogP contribution is -2.62. The van der Waals surface area contributed by atoms with Crippen LogP contribution in [0.25, 0.3) is 0 Å². The third-order valence-corrected chi connectivity index (χ3v) is 10.3. The zero-order chi connectivity index (χ0) is 42.9. The van der Waals surface area contributed by atoms with E-state index in [1.165, 1.54) is 38.2 Å². The number of ether oxygens (including phenoxy) is 2. The Balaban J connectivity index is 2.09. The summed E-state index contributed by atoms with van der Waals surface area (Å²) in [5, 5.41) is 31.9. The lowest BCUT2D eigenvalue weighted by molar-refractivity contribution is -0.156. The lowest BCUT2D eigenvalue weighted by Gasteiger charge is -2.36. The van der Waals surface area contributed by atoms with Gasteiger partial charge in [-0.2, -0.15) is 0 Å². The Hall–Kier alpha value is -5.12. The highest BCUT2D eigenvalue weighted by Gasteiger charge is 2.38. The Morgan fingerprint density at radius 2 is 1.83 bits per heavy atom. The van der Waals surface area contributed by atoms with Crippen LogP contribution in [-0.2, 0) is 39.9 Å². The quantitative estimate of drug-likeness (QED) is 0.115. The highest BCUT2D eigenvalue weighted by Crippen LogP contribution is 2.24. The van der Waals surface area contributed by atoms with E-state index >= 15 is 0 Å². The van der Waals surface area contributed by atoms with E-state index < -0.39 is 77.9 Å². The van der Waals surface area contributed by atoms with Gasteiger partial charge in [-0.1, -0.05) is 69.4 Å². The Morgan fingerprint density at radius 3 is 2.50 bits per heavy atom. The number of carbonyl (C=O) groups is 6. The molecule has 2 aliphatic heterocycles. The molecular formula is C43H61N5O10. The summed E-state index contributed by atoms with van der Waals surface area (Å²) in [6.45, 7) is 8.40. The summed E-state index contributed by atoms with van der Waals surface area (Å²) < 4.78 is 11.4. The predicted octanol–water partition coefficient (Wildman–Crippen LogP) is 2.38. The first-order valence-electron chi connectivity index (χ1n) is 19.8. The molecule has 2 bridgehead atoms. The monoisotopic (exact) mass is 807 g/mol. The van der Waals surface area contributed by atoms with Crippen molar-refractivity contribution in [1.29, 1.82) is 0 Å². The van der Waals surface area contributed by atoms with E-state index in [4.69, 9.17) is 9.47 Å². The van der Waals surface area contributed by atoms with Crippen LogP contribution in [0.4, 0.5) is 0 Å². The van der Waals surface area contributed by atoms with Crippen molar-refractivity contribution in [3.63, 3.8) is 0 Å². The van der Waals surface area contributed by atoms with Gasteiger partial charge in [0.25, 0.3) is 5.91 Å². The standard InChI is InChI=1S/C43H61N5O10/c1-26(2)38-41(54)45-34(25-30-15-12-16-31(24-30)57-7)42(55)48-23-13-17-33(47-48)43(56)58-36(27(3)14-11-20-37(51)44-6)19-10-8-9-18-35(50)29(5)39(52)32(40(53)46-38)22-21-28(4)49/h8-12,14-16,18,20,24,26,29,32-36,38-39,47,50,52H,13,17,19,21-23,25H2,1-7H3,(H,44,51)(H,45,54)(H,46,53)/b10-8+,18-9+,20-11+,27-14+/t29-,32+,33?,34-,35-,36-,38-,39+/m0/s1. The van der Waals surface area contributed by atoms with Gasteiger partial charge in [-0.05, 0) is 62.3 Å². The van der Waals surface area contributed by atoms with Crippen LogP contribution < -0.4 is 26.1 Å². The molecule has 4 amide bonds. The average molecular weight is 808 g/mol. The van der Waals surface area contributed by atoms with Gasteiger partial charge in [-0.3, -0.25) is 29.0 Å². The summed E-state index contributed by atoms with van der Waals surface area (Å²) in [5.74, 6) is -4.92. The van der Waals surface area contributed by atoms with Gasteiger partial charge in [0.1, 0.15) is 35.8 Å². The number of amides is 4. The van der Waals surface area contributed by atoms with E-state index in [0.717, 1.165) is 0 Å². The number of hydrogen-bond donors (Lipinski definition) is 6. The normalized spacial score (nSPS) is 28.4. The number of cyclic esters (lactones) is 1. The molecule has 0 radical (unpaired) electrons. The van der Waals surface area contributed by atoms with Gasteiger partial charge in [0.15, 0.2) is 0 Å². The smallest absolute Gasteiger partial charge is 0.325 e. The molecule has 1 saturated heterocycles. The zero-order valence-electron chi connectivity index (χ0n) is 34.6. The van der Waals surface area contributed by atoms with Crippen LogP contribution in [0, 0.1) is 17.8 Å². The Morgan fingerprint density at radius 1 is 1.09 bits per heavy atom. The number of carbonyl (C=O) groups excluding carboxylic acids is 6. The molecule has 1 aromatic rings. The van der Waals surface area contributed by atoms with Crippen molar-refractivity contribution < 1.29 is 48.5 Å². The number of esters is 1. The van der Waals surface area contributed by atoms with Gasteiger partial charge in [-0.25, -0.2) is 5.43 Å². The number of likely N-dealkylation sites (N-methyl/N-ethyl adjacent to an activating group) is 1. The molecule has 3 rings (SSSR count). The van der Waals surface area contributed by atoms with Crippen LogP contribution in [-0.4, -0.2) is 108 Å². The molecule has 0 aromatic heterocycles. The maximum atomic E-state index is 14.4. The highest BCUT2D eigenvalue weighted by atomic mass is 16.5. The van der Waals surface area contributed by atoms with Crippen LogP contribution in [0.1, 0.15) is 72.3 Å². The molecule has 318 valence electrons. The fraction of sp³-hybridized carbons (Fsp3) is 0.535. The molecule has 0 saturated carbocycles. The van der Waals surface area contributed by atoms with E-state index in [0.29, 0.717) is 29.7 Å². The van der Waals surface area contributed by atoms with E-state index in [9.17, 15) is 39.0 Å². The number of methoxy groups -OCH3 is 1. The largest absolute Gasteiger partial charge is 0.497 e. The molecular weight excluding hydrogens is 746 g/mol. The van der Waals surface area contributed by atoms with Crippen molar-refractivity contribution in [1.82, 2.24) is 26.4 Å². The molecule has 1 aromatic carbocycles. The number of Topliss-reactive ketones (excluding diaryl/α,β-unsaturated/α-hetero) is 1. The van der Waals surface area contributed by atoms with Crippen LogP contribution in [0.5, 0.6) is 5.75 Å². The Bertz CT molecular complexity index is 1720. The second-order valence-corrected chi connectivity index (χ2v) is 15.2. The first-order chi connectivity index (χ1) is 27.6. The number of hydrazine groups is 1. The topological polar surface area (TPSA) is 213 Å². The second kappa shape index (κ2) is 23.3. The van der Waals surface area contributed by atoms with Gasteiger partial charge in [0, 0.05) is 44.8 Å². The molecule has 1 unspecified atom stereocenters. The minimum absolute atomic E-state index is 0.0166. The third kappa shape index (κ3) is 14.4. The van der Waals surface area contributed by atoms with Gasteiger partial charge < -0.3 is 40.4 Å². The minimum Gasteiger partial charge on any atom is -0.497 e. The molecule has 15 heteroatoms. The molecule has 2 heterocycles. The molecule has 2 aliphatic rings. The SMILES string of the molecule is CNC(=O)/C=C/C=C(\C)[C@@H]1C/C=C/C=C/[C@H](O)[C@H](C)[C@@H](O)[C@@H](CCC(C)=O)C(=O)N[C@@H](C(C)C)C(=O)N[C@@H](Cc2cccc(OC)c2)C(=O)N2CCCC(N2)C(=O)O1. The maximum absolute atomic E-state index is 14.4. The van der Waals surface area contributed by atoms with Crippen molar-refractivity contribution in [3.05, 3.63) is 77.9 Å². The first kappa shape index (κ1) is 47.3. The lowest BCUT2D eigenvalue weighted by atomic mass is 9.84. The van der Waals surface area contributed by atoms with Gasteiger partial charge in [-0.15, -0.1) is 0 Å². The summed E-state index contributed by atoms with van der Waals surface area (Å²) in [7, 11) is 3.02. The molecule has 58 heavy (non-hydrogen) atoms. The molecule has 0 spiro atoms. The zero-order valence-corrected chi connectivity index (χ0v) is 34.6. The van der Waals surface area contributed by atoms with Crippen molar-refractivity contribution in [2.75, 3.05) is 20.7 Å². The number of hydrogen-bond acceptors (Lipinski definition) is 11. The number of fused-ring (bicyclic) bond motifs is 2. The van der Waals surface area contributed by atoms with Crippen molar-refractivity contribution in [2.45, 2.75) is 110 Å². The Labute approximate surface area is 341 Å². The van der Waals surface area contributed by atoms with Crippen LogP contribution in [0.3, 0.4) is 0 Å². The van der Waals surface area contributed by atoms with Crippen LogP contribution in [0.15, 0.2) is 72.4 Å². The number of ketones is 1. The van der Waals surface area contributed by atoms with Crippen LogP contribution >= 0.6 is 0 Å². The molecule has 15 nitrogen and oxygen atoms in total. The number of aliphatic hydroxyl groups is 2. The predicted molar refractivity (Wildman–Crippen MR) is 218 cm³/mol. The van der Waals surface area contributed by atoms with E-state index in [2.05, 4.69) is 21.4 Å². The minimum atomic E-state index is -1.41. The van der Waals surface area contributed by atoms with Crippen LogP contribution in [0.2, 0.25) is 0 Å². The summed E-state index contributed by atoms with van der Waals surface area (Å²) in [6, 6.07) is 3.83. The number of allylic oxidation sites excluding steroid dienone is 4. The first-order valence-corrected chi connectivity index (χ1v) is 19.8.